The van der Waals surface area contributed by atoms with Crippen LogP contribution in [0.2, 0.25) is 0 Å². The molecule has 0 radical (unpaired) electrons. The molecule has 0 saturated carbocycles. The van der Waals surface area contributed by atoms with E-state index < -0.39 is 5.54 Å². The monoisotopic (exact) mass is 826 g/mol. The highest BCUT2D eigenvalue weighted by Crippen LogP contribution is 2.43. The zero-order valence-corrected chi connectivity index (χ0v) is 35.7. The molecule has 0 fully saturated rings. The first-order valence-electron chi connectivity index (χ1n) is 21.0. The molecule has 0 unspecified atom stereocenters. The van der Waals surface area contributed by atoms with E-state index in [1.165, 1.54) is 11.1 Å². The van der Waals surface area contributed by atoms with Gasteiger partial charge < -0.3 is 14.8 Å². The molecular formula is C49H50N10O3. The molecular weight excluding hydrogens is 777 g/mol. The highest BCUT2D eigenvalue weighted by molar-refractivity contribution is 5.95. The van der Waals surface area contributed by atoms with E-state index in [1.807, 2.05) is 73.9 Å². The van der Waals surface area contributed by atoms with E-state index in [0.29, 0.717) is 69.7 Å². The maximum atomic E-state index is 15.3. The molecule has 0 spiro atoms. The fourth-order valence-corrected chi connectivity index (χ4v) is 7.85. The van der Waals surface area contributed by atoms with Crippen molar-refractivity contribution >= 4 is 34.2 Å². The first kappa shape index (κ1) is 41.5. The molecule has 13 nitrogen and oxygen atoms in total. The van der Waals surface area contributed by atoms with E-state index in [-0.39, 0.29) is 6.03 Å². The minimum atomic E-state index is -1.16. The third kappa shape index (κ3) is 8.65. The number of urea groups is 1. The van der Waals surface area contributed by atoms with Crippen LogP contribution >= 0.6 is 0 Å². The van der Waals surface area contributed by atoms with Gasteiger partial charge in [0.1, 0.15) is 22.4 Å². The predicted octanol–water partition coefficient (Wildman–Crippen LogP) is 9.43. The van der Waals surface area contributed by atoms with Crippen LogP contribution in [-0.4, -0.2) is 66.5 Å². The fraction of sp³-hybridized carbons (Fsp3) is 0.265. The number of methoxy groups -OCH3 is 2. The Hall–Kier alpha value is -7.28. The van der Waals surface area contributed by atoms with Crippen molar-refractivity contribution in [2.45, 2.75) is 57.9 Å². The summed E-state index contributed by atoms with van der Waals surface area (Å²) >= 11 is 0. The number of hydrogen-bond donors (Lipinski definition) is 1. The largest absolute Gasteiger partial charge is 0.493 e. The highest BCUT2D eigenvalue weighted by Gasteiger charge is 2.46. The van der Waals surface area contributed by atoms with Crippen LogP contribution in [0.25, 0.3) is 44.8 Å². The van der Waals surface area contributed by atoms with Gasteiger partial charge in [0.15, 0.2) is 22.8 Å². The SMILES string of the molecule is CCCC[C@@](c1ccccc1)(c1ccc2ncc(-c3ccc(OC)c(OC)c3)nc2n1)N(C(=O)NCCCCc1ccc(C)cc1)c1ccc2ncc(-c3cnn(C)c3)nc2n1. The van der Waals surface area contributed by atoms with E-state index in [1.54, 1.807) is 42.4 Å². The number of hydrogen-bond acceptors (Lipinski definition) is 10. The Balaban J connectivity index is 1.26. The number of amides is 2. The topological polar surface area (TPSA) is 146 Å². The summed E-state index contributed by atoms with van der Waals surface area (Å²) in [5.74, 6) is 1.59. The number of pyridine rings is 2. The van der Waals surface area contributed by atoms with Gasteiger partial charge in [-0.2, -0.15) is 5.10 Å². The molecule has 0 bridgehead atoms. The molecule has 0 aliphatic heterocycles. The van der Waals surface area contributed by atoms with Crippen LogP contribution < -0.4 is 19.7 Å². The van der Waals surface area contributed by atoms with Gasteiger partial charge in [-0.15, -0.1) is 0 Å². The fourth-order valence-electron chi connectivity index (χ4n) is 7.85. The number of ether oxygens (including phenoxy) is 2. The van der Waals surface area contributed by atoms with Gasteiger partial charge in [-0.05, 0) is 86.2 Å². The van der Waals surface area contributed by atoms with Crippen LogP contribution in [0.3, 0.4) is 0 Å². The number of carbonyl (C=O) groups is 1. The third-order valence-corrected chi connectivity index (χ3v) is 11.1. The first-order chi connectivity index (χ1) is 30.3. The number of aromatic nitrogens is 8. The van der Waals surface area contributed by atoms with Crippen molar-refractivity contribution in [3.63, 3.8) is 0 Å². The molecule has 13 heteroatoms. The number of carbonyl (C=O) groups excluding carboxylic acids is 1. The van der Waals surface area contributed by atoms with Crippen molar-refractivity contribution in [3.05, 3.63) is 144 Å². The van der Waals surface area contributed by atoms with Crippen LogP contribution in [0, 0.1) is 6.92 Å². The third-order valence-electron chi connectivity index (χ3n) is 11.1. The summed E-state index contributed by atoms with van der Waals surface area (Å²) in [7, 11) is 5.06. The molecule has 314 valence electrons. The molecule has 5 heterocycles. The van der Waals surface area contributed by atoms with Crippen molar-refractivity contribution in [2.24, 2.45) is 7.05 Å². The Labute approximate surface area is 361 Å². The number of anilines is 1. The minimum Gasteiger partial charge on any atom is -0.493 e. The second-order valence-electron chi connectivity index (χ2n) is 15.4. The smallest absolute Gasteiger partial charge is 0.324 e. The molecule has 0 aliphatic rings. The molecule has 62 heavy (non-hydrogen) atoms. The number of aryl methyl sites for hydroxylation is 3. The molecule has 3 aromatic carbocycles. The Kier molecular flexibility index (Phi) is 12.4. The number of nitrogens with zero attached hydrogens (tertiary/aromatic N) is 9. The van der Waals surface area contributed by atoms with Crippen molar-refractivity contribution < 1.29 is 14.3 Å². The first-order valence-corrected chi connectivity index (χ1v) is 21.0. The number of unbranched alkanes of at least 4 members (excludes halogenated alkanes) is 2. The maximum Gasteiger partial charge on any atom is 0.324 e. The number of fused-ring (bicyclic) bond motifs is 2. The summed E-state index contributed by atoms with van der Waals surface area (Å²) in [5.41, 5.74) is 7.72. The van der Waals surface area contributed by atoms with Gasteiger partial charge in [0, 0.05) is 30.9 Å². The van der Waals surface area contributed by atoms with Gasteiger partial charge in [0.05, 0.1) is 49.9 Å². The molecule has 0 aliphatic carbocycles. The Bertz CT molecular complexity index is 2810. The van der Waals surface area contributed by atoms with Crippen molar-refractivity contribution in [1.29, 1.82) is 0 Å². The minimum absolute atomic E-state index is 0.310. The van der Waals surface area contributed by atoms with Crippen LogP contribution in [0.4, 0.5) is 10.6 Å². The standard InChI is InChI=1S/C49H50N10O3/c1-6-7-26-49(37-14-9-8-10-15-37,44-24-21-38-46(56-44)54-40(30-51-38)35-20-23-42(61-4)43(28-35)62-5)59(48(60)50-27-12-11-13-34-18-16-33(2)17-19-34)45-25-22-39-47(57-45)55-41(31-52-39)36-29-53-58(3)32-36/h8-10,14-25,28-32H,6-7,11-13,26-27H2,1-5H3,(H,50,60)/t49-/m1/s1. The highest BCUT2D eigenvalue weighted by atomic mass is 16.5. The summed E-state index contributed by atoms with van der Waals surface area (Å²) < 4.78 is 12.8. The van der Waals surface area contributed by atoms with Gasteiger partial charge in [0.25, 0.3) is 0 Å². The van der Waals surface area contributed by atoms with E-state index in [2.05, 4.69) is 60.7 Å². The Morgan fingerprint density at radius 3 is 2.15 bits per heavy atom. The lowest BCUT2D eigenvalue weighted by atomic mass is 9.79. The van der Waals surface area contributed by atoms with Gasteiger partial charge in [-0.25, -0.2) is 24.7 Å². The number of nitrogens with one attached hydrogen (secondary N) is 1. The Morgan fingerprint density at radius 2 is 1.45 bits per heavy atom. The van der Waals surface area contributed by atoms with Gasteiger partial charge in [-0.3, -0.25) is 19.5 Å². The van der Waals surface area contributed by atoms with Crippen LogP contribution in [-0.2, 0) is 19.0 Å². The van der Waals surface area contributed by atoms with E-state index in [4.69, 9.17) is 39.4 Å². The number of rotatable bonds is 16. The van der Waals surface area contributed by atoms with Crippen molar-refractivity contribution in [1.82, 2.24) is 45.0 Å². The van der Waals surface area contributed by atoms with Crippen LogP contribution in [0.1, 0.15) is 61.4 Å². The van der Waals surface area contributed by atoms with Crippen molar-refractivity contribution in [3.8, 4) is 34.0 Å². The van der Waals surface area contributed by atoms with Gasteiger partial charge in [0.2, 0.25) is 0 Å². The lowest BCUT2D eigenvalue weighted by Crippen LogP contribution is -2.55. The number of benzene rings is 3. The van der Waals surface area contributed by atoms with E-state index in [9.17, 15) is 0 Å². The zero-order chi connectivity index (χ0) is 43.1. The summed E-state index contributed by atoms with van der Waals surface area (Å²) in [6, 6.07) is 31.6. The molecule has 1 atom stereocenters. The van der Waals surface area contributed by atoms with Crippen LogP contribution in [0.5, 0.6) is 11.5 Å². The lowest BCUT2D eigenvalue weighted by molar-refractivity contribution is 0.237. The molecule has 5 aromatic heterocycles. The molecule has 1 N–H and O–H groups in total. The van der Waals surface area contributed by atoms with Crippen LogP contribution in [0.15, 0.2) is 122 Å². The van der Waals surface area contributed by atoms with E-state index >= 15 is 4.79 Å². The summed E-state index contributed by atoms with van der Waals surface area (Å²) in [4.78, 5) is 47.0. The predicted molar refractivity (Wildman–Crippen MR) is 242 cm³/mol. The molecule has 0 saturated heterocycles. The van der Waals surface area contributed by atoms with Gasteiger partial charge in [-0.1, -0.05) is 79.9 Å². The Morgan fingerprint density at radius 1 is 0.742 bits per heavy atom. The lowest BCUT2D eigenvalue weighted by Gasteiger charge is -2.43. The second-order valence-corrected chi connectivity index (χ2v) is 15.4. The summed E-state index contributed by atoms with van der Waals surface area (Å²) in [6.07, 6.45) is 11.8. The average molecular weight is 827 g/mol. The van der Waals surface area contributed by atoms with E-state index in [0.717, 1.165) is 48.8 Å². The second kappa shape index (κ2) is 18.5. The molecule has 2 amide bonds. The normalized spacial score (nSPS) is 12.3. The average Bonchev–Trinajstić information content (AvgIpc) is 3.76. The van der Waals surface area contributed by atoms with Gasteiger partial charge >= 0.3 is 6.03 Å². The summed E-state index contributed by atoms with van der Waals surface area (Å²) in [6.45, 7) is 4.70. The maximum absolute atomic E-state index is 15.3. The summed E-state index contributed by atoms with van der Waals surface area (Å²) in [5, 5.41) is 7.63. The molecule has 8 rings (SSSR count). The zero-order valence-electron chi connectivity index (χ0n) is 35.7. The quantitative estimate of drug-likeness (QED) is 0.0935. The van der Waals surface area contributed by atoms with Crippen molar-refractivity contribution in [2.75, 3.05) is 25.7 Å². The molecule has 8 aromatic rings.